The highest BCUT2D eigenvalue weighted by molar-refractivity contribution is 7.91. The molecule has 2 atom stereocenters. The van der Waals surface area contributed by atoms with E-state index >= 15 is 0 Å². The fourth-order valence-corrected chi connectivity index (χ4v) is 5.19. The summed E-state index contributed by atoms with van der Waals surface area (Å²) in [7, 11) is -3.14. The zero-order valence-electron chi connectivity index (χ0n) is 17.4. The summed E-state index contributed by atoms with van der Waals surface area (Å²) in [6, 6.07) is 14.5. The van der Waals surface area contributed by atoms with Crippen molar-refractivity contribution in [2.75, 3.05) is 24.6 Å². The molecule has 0 radical (unpaired) electrons. The molecule has 0 amide bonds. The molecule has 0 saturated carbocycles. The Morgan fingerprint density at radius 3 is 2.31 bits per heavy atom. The summed E-state index contributed by atoms with van der Waals surface area (Å²) in [4.78, 5) is 19.3. The van der Waals surface area contributed by atoms with Crippen LogP contribution in [-0.4, -0.2) is 53.4 Å². The number of fused-ring (bicyclic) bond motifs is 1. The molecule has 10 heteroatoms. The number of rotatable bonds is 6. The SMILES string of the molecule is CC(OC(=O)C(c1ccccc1)N1CCS(=O)(=O)CC1)c1nc2ccccc2n1C(F)F. The number of carbonyl (C=O) groups is 1. The minimum absolute atomic E-state index is 0.0532. The molecular weight excluding hydrogens is 440 g/mol. The van der Waals surface area contributed by atoms with Crippen molar-refractivity contribution in [3.8, 4) is 0 Å². The van der Waals surface area contributed by atoms with Crippen LogP contribution in [0, 0.1) is 0 Å². The minimum atomic E-state index is -3.14. The maximum atomic E-state index is 13.8. The fraction of sp³-hybridized carbons (Fsp3) is 0.364. The third kappa shape index (κ3) is 4.51. The number of nitrogens with zero attached hydrogens (tertiary/aromatic N) is 3. The molecule has 1 saturated heterocycles. The lowest BCUT2D eigenvalue weighted by molar-refractivity contribution is -0.156. The first-order chi connectivity index (χ1) is 15.3. The summed E-state index contributed by atoms with van der Waals surface area (Å²) in [5.41, 5.74) is 1.28. The van der Waals surface area contributed by atoms with Gasteiger partial charge < -0.3 is 4.74 Å². The number of esters is 1. The lowest BCUT2D eigenvalue weighted by Gasteiger charge is -2.33. The second kappa shape index (κ2) is 8.95. The van der Waals surface area contributed by atoms with E-state index in [0.717, 1.165) is 4.57 Å². The number of hydrogen-bond acceptors (Lipinski definition) is 6. The van der Waals surface area contributed by atoms with E-state index < -0.39 is 34.5 Å². The quantitative estimate of drug-likeness (QED) is 0.521. The molecule has 0 spiro atoms. The van der Waals surface area contributed by atoms with Crippen LogP contribution in [-0.2, 0) is 19.4 Å². The smallest absolute Gasteiger partial charge is 0.328 e. The number of alkyl halides is 2. The highest BCUT2D eigenvalue weighted by Gasteiger charge is 2.35. The summed E-state index contributed by atoms with van der Waals surface area (Å²) >= 11 is 0. The predicted molar refractivity (Wildman–Crippen MR) is 115 cm³/mol. The van der Waals surface area contributed by atoms with Crippen molar-refractivity contribution in [2.45, 2.75) is 25.6 Å². The van der Waals surface area contributed by atoms with Gasteiger partial charge in [0.05, 0.1) is 22.5 Å². The molecule has 2 aromatic carbocycles. The van der Waals surface area contributed by atoms with Gasteiger partial charge in [-0.1, -0.05) is 42.5 Å². The van der Waals surface area contributed by atoms with E-state index in [9.17, 15) is 22.0 Å². The van der Waals surface area contributed by atoms with Gasteiger partial charge in [0.15, 0.2) is 21.8 Å². The standard InChI is InChI=1S/C22H23F2N3O4S/c1-15(20-25-17-9-5-6-10-18(17)27(20)22(23)24)31-21(28)19(16-7-3-2-4-8-16)26-11-13-32(29,30)14-12-26/h2-10,15,19,22H,11-14H2,1H3. The maximum Gasteiger partial charge on any atom is 0.328 e. The van der Waals surface area contributed by atoms with E-state index in [4.69, 9.17) is 4.74 Å². The molecule has 2 unspecified atom stereocenters. The second-order valence-electron chi connectivity index (χ2n) is 7.69. The Morgan fingerprint density at radius 1 is 1.03 bits per heavy atom. The van der Waals surface area contributed by atoms with Crippen molar-refractivity contribution in [1.82, 2.24) is 14.5 Å². The van der Waals surface area contributed by atoms with E-state index in [1.807, 2.05) is 0 Å². The first-order valence-corrected chi connectivity index (χ1v) is 12.0. The van der Waals surface area contributed by atoms with Gasteiger partial charge in [-0.05, 0) is 24.6 Å². The zero-order chi connectivity index (χ0) is 22.9. The largest absolute Gasteiger partial charge is 0.453 e. The van der Waals surface area contributed by atoms with Crippen molar-refractivity contribution in [3.05, 3.63) is 66.0 Å². The van der Waals surface area contributed by atoms with E-state index in [1.165, 1.54) is 13.0 Å². The number of para-hydroxylation sites is 2. The highest BCUT2D eigenvalue weighted by Crippen LogP contribution is 2.31. The van der Waals surface area contributed by atoms with Crippen LogP contribution < -0.4 is 0 Å². The Bertz CT molecular complexity index is 1200. The molecule has 1 fully saturated rings. The number of benzene rings is 2. The minimum Gasteiger partial charge on any atom is -0.453 e. The summed E-state index contributed by atoms with van der Waals surface area (Å²) in [6.07, 6.45) is -1.04. The third-order valence-corrected chi connectivity index (χ3v) is 7.17. The molecule has 2 heterocycles. The second-order valence-corrected chi connectivity index (χ2v) is 9.99. The molecule has 0 bridgehead atoms. The van der Waals surface area contributed by atoms with Gasteiger partial charge in [-0.15, -0.1) is 0 Å². The first kappa shape index (κ1) is 22.3. The molecule has 170 valence electrons. The van der Waals surface area contributed by atoms with Crippen LogP contribution in [0.15, 0.2) is 54.6 Å². The van der Waals surface area contributed by atoms with Crippen LogP contribution in [0.25, 0.3) is 11.0 Å². The molecule has 1 aliphatic rings. The van der Waals surface area contributed by atoms with E-state index in [1.54, 1.807) is 53.4 Å². The van der Waals surface area contributed by atoms with Gasteiger partial charge in [0.2, 0.25) is 0 Å². The molecule has 0 N–H and O–H groups in total. The van der Waals surface area contributed by atoms with Crippen molar-refractivity contribution in [1.29, 1.82) is 0 Å². The molecule has 7 nitrogen and oxygen atoms in total. The fourth-order valence-electron chi connectivity index (χ4n) is 3.96. The van der Waals surface area contributed by atoms with Crippen LogP contribution in [0.2, 0.25) is 0 Å². The van der Waals surface area contributed by atoms with Gasteiger partial charge in [-0.2, -0.15) is 8.78 Å². The van der Waals surface area contributed by atoms with Gasteiger partial charge in [0, 0.05) is 13.1 Å². The van der Waals surface area contributed by atoms with Gasteiger partial charge in [-0.25, -0.2) is 18.2 Å². The Balaban J connectivity index is 1.63. The molecule has 32 heavy (non-hydrogen) atoms. The first-order valence-electron chi connectivity index (χ1n) is 10.2. The summed E-state index contributed by atoms with van der Waals surface area (Å²) in [5, 5.41) is 0. The molecule has 3 aromatic rings. The Labute approximate surface area is 184 Å². The van der Waals surface area contributed by atoms with Gasteiger partial charge in [0.1, 0.15) is 6.04 Å². The van der Waals surface area contributed by atoms with Gasteiger partial charge >= 0.3 is 12.5 Å². The number of carbonyl (C=O) groups excluding carboxylic acids is 1. The van der Waals surface area contributed by atoms with Crippen LogP contribution in [0.1, 0.15) is 37.0 Å². The zero-order valence-corrected chi connectivity index (χ0v) is 18.2. The topological polar surface area (TPSA) is 81.5 Å². The molecule has 1 aliphatic heterocycles. The van der Waals surface area contributed by atoms with Gasteiger partial charge in [0.25, 0.3) is 0 Å². The summed E-state index contributed by atoms with van der Waals surface area (Å²) in [5.74, 6) is -0.806. The van der Waals surface area contributed by atoms with Crippen molar-refractivity contribution in [3.63, 3.8) is 0 Å². The number of aromatic nitrogens is 2. The third-order valence-electron chi connectivity index (χ3n) is 5.56. The predicted octanol–water partition coefficient (Wildman–Crippen LogP) is 3.51. The van der Waals surface area contributed by atoms with E-state index in [2.05, 4.69) is 4.98 Å². The maximum absolute atomic E-state index is 13.8. The van der Waals surface area contributed by atoms with Crippen LogP contribution in [0.5, 0.6) is 0 Å². The molecular formula is C22H23F2N3O4S. The van der Waals surface area contributed by atoms with E-state index in [0.29, 0.717) is 11.1 Å². The Morgan fingerprint density at radius 2 is 1.66 bits per heavy atom. The highest BCUT2D eigenvalue weighted by atomic mass is 32.2. The van der Waals surface area contributed by atoms with Crippen LogP contribution >= 0.6 is 0 Å². The molecule has 0 aliphatic carbocycles. The van der Waals surface area contributed by atoms with Crippen molar-refractivity contribution >= 4 is 26.8 Å². The number of halogens is 2. The summed E-state index contributed by atoms with van der Waals surface area (Å²) < 4.78 is 57.7. The van der Waals surface area contributed by atoms with E-state index in [-0.39, 0.29) is 35.9 Å². The average molecular weight is 464 g/mol. The number of hydrogen-bond donors (Lipinski definition) is 0. The normalized spacial score (nSPS) is 18.5. The van der Waals surface area contributed by atoms with Crippen LogP contribution in [0.3, 0.4) is 0 Å². The Kier molecular flexibility index (Phi) is 6.25. The molecule has 1 aromatic heterocycles. The number of sulfone groups is 1. The van der Waals surface area contributed by atoms with Gasteiger partial charge in [-0.3, -0.25) is 9.47 Å². The molecule has 4 rings (SSSR count). The lowest BCUT2D eigenvalue weighted by atomic mass is 10.1. The summed E-state index contributed by atoms with van der Waals surface area (Å²) in [6.45, 7) is -0.987. The average Bonchev–Trinajstić information content (AvgIpc) is 3.16. The number of imidazole rings is 1. The van der Waals surface area contributed by atoms with Crippen molar-refractivity contribution < 1.29 is 26.7 Å². The monoisotopic (exact) mass is 463 g/mol. The van der Waals surface area contributed by atoms with Crippen molar-refractivity contribution in [2.24, 2.45) is 0 Å². The number of ether oxygens (including phenoxy) is 1. The Hall–Kier alpha value is -2.85. The lowest BCUT2D eigenvalue weighted by Crippen LogP contribution is -2.45. The van der Waals surface area contributed by atoms with Crippen LogP contribution in [0.4, 0.5) is 8.78 Å².